The molecule has 0 saturated heterocycles. The van der Waals surface area contributed by atoms with Crippen LogP contribution in [0.25, 0.3) is 11.4 Å². The second kappa shape index (κ2) is 9.39. The molecular weight excluding hydrogens is 547 g/mol. The molecule has 9 heteroatoms. The summed E-state index contributed by atoms with van der Waals surface area (Å²) in [5, 5.41) is 3.94. The summed E-state index contributed by atoms with van der Waals surface area (Å²) in [4.78, 5) is 35.4. The summed E-state index contributed by atoms with van der Waals surface area (Å²) in [6, 6.07) is 16.4. The smallest absolute Gasteiger partial charge is 0.280 e. The van der Waals surface area contributed by atoms with Crippen LogP contribution in [0.1, 0.15) is 59.7 Å². The van der Waals surface area contributed by atoms with E-state index in [1.165, 1.54) is 0 Å². The number of halogens is 2. The summed E-state index contributed by atoms with van der Waals surface area (Å²) in [5.41, 5.74) is 3.55. The fraction of sp³-hybridized carbons (Fsp3) is 0.258. The topological polar surface area (TPSA) is 76.5 Å². The lowest BCUT2D eigenvalue weighted by molar-refractivity contribution is -0.119. The van der Waals surface area contributed by atoms with E-state index in [-0.39, 0.29) is 23.6 Å². The second-order valence-corrected chi connectivity index (χ2v) is 11.3. The molecule has 2 amide bonds. The number of aromatic nitrogens is 2. The van der Waals surface area contributed by atoms with Gasteiger partial charge in [-0.2, -0.15) is 0 Å². The molecule has 6 rings (SSSR count). The van der Waals surface area contributed by atoms with Crippen LogP contribution < -0.4 is 15.0 Å². The van der Waals surface area contributed by atoms with E-state index in [1.54, 1.807) is 42.3 Å². The SMILES string of the molecule is CCc1ccc(OC)c(-c2nc3c(n2C(C)C)[C@@]2(C(=O)Nc4cc(Cl)ccc42)N(c2cc(Cl)ccc2C)C3=O)c1. The molecule has 204 valence electrons. The number of amides is 2. The Morgan fingerprint density at radius 2 is 1.75 bits per heavy atom. The Labute approximate surface area is 242 Å². The van der Waals surface area contributed by atoms with Crippen LogP contribution in [0.3, 0.4) is 0 Å². The molecule has 2 aliphatic heterocycles. The van der Waals surface area contributed by atoms with E-state index in [4.69, 9.17) is 32.9 Å². The minimum absolute atomic E-state index is 0.157. The van der Waals surface area contributed by atoms with Crippen molar-refractivity contribution in [2.24, 2.45) is 0 Å². The summed E-state index contributed by atoms with van der Waals surface area (Å²) >= 11 is 12.8. The molecular formula is C31H28Cl2N4O3. The molecule has 1 spiro atoms. The summed E-state index contributed by atoms with van der Waals surface area (Å²) in [6.45, 7) is 8.00. The Balaban J connectivity index is 1.74. The normalized spacial score (nSPS) is 17.6. The summed E-state index contributed by atoms with van der Waals surface area (Å²) < 4.78 is 7.72. The van der Waals surface area contributed by atoms with Crippen LogP contribution >= 0.6 is 23.2 Å². The first-order valence-electron chi connectivity index (χ1n) is 13.2. The van der Waals surface area contributed by atoms with Gasteiger partial charge in [-0.05, 0) is 74.7 Å². The maximum Gasteiger partial charge on any atom is 0.280 e. The number of anilines is 2. The van der Waals surface area contributed by atoms with Crippen molar-refractivity contribution in [3.05, 3.63) is 92.7 Å². The molecule has 0 saturated carbocycles. The number of methoxy groups -OCH3 is 1. The Morgan fingerprint density at radius 1 is 1.02 bits per heavy atom. The molecule has 3 aromatic carbocycles. The van der Waals surface area contributed by atoms with Gasteiger partial charge in [-0.15, -0.1) is 0 Å². The zero-order valence-electron chi connectivity index (χ0n) is 22.8. The van der Waals surface area contributed by atoms with E-state index in [1.807, 2.05) is 49.6 Å². The van der Waals surface area contributed by atoms with Crippen molar-refractivity contribution in [2.75, 3.05) is 17.3 Å². The third kappa shape index (κ3) is 3.54. The van der Waals surface area contributed by atoms with Gasteiger partial charge in [0.05, 0.1) is 24.1 Å². The third-order valence-corrected chi connectivity index (χ3v) is 8.25. The monoisotopic (exact) mass is 574 g/mol. The van der Waals surface area contributed by atoms with Crippen LogP contribution in [0.2, 0.25) is 10.0 Å². The molecule has 0 aliphatic carbocycles. The molecule has 0 fully saturated rings. The van der Waals surface area contributed by atoms with E-state index in [9.17, 15) is 9.59 Å². The van der Waals surface area contributed by atoms with E-state index < -0.39 is 5.54 Å². The third-order valence-electron chi connectivity index (χ3n) is 7.78. The van der Waals surface area contributed by atoms with E-state index in [0.717, 1.165) is 23.1 Å². The van der Waals surface area contributed by atoms with Crippen molar-refractivity contribution in [2.45, 2.75) is 45.7 Å². The first-order valence-corrected chi connectivity index (χ1v) is 13.9. The van der Waals surface area contributed by atoms with E-state index >= 15 is 0 Å². The molecule has 3 heterocycles. The van der Waals surface area contributed by atoms with Crippen LogP contribution in [-0.2, 0) is 16.8 Å². The van der Waals surface area contributed by atoms with Gasteiger partial charge in [0.25, 0.3) is 11.8 Å². The molecule has 0 bridgehead atoms. The van der Waals surface area contributed by atoms with Gasteiger partial charge in [-0.1, -0.05) is 48.3 Å². The van der Waals surface area contributed by atoms with Gasteiger partial charge in [0, 0.05) is 27.3 Å². The average Bonchev–Trinajstić information content (AvgIpc) is 3.53. The van der Waals surface area contributed by atoms with Crippen LogP contribution in [0.5, 0.6) is 5.75 Å². The average molecular weight is 575 g/mol. The van der Waals surface area contributed by atoms with Gasteiger partial charge in [-0.25, -0.2) is 4.98 Å². The largest absolute Gasteiger partial charge is 0.496 e. The van der Waals surface area contributed by atoms with Crippen molar-refractivity contribution < 1.29 is 14.3 Å². The molecule has 0 unspecified atom stereocenters. The maximum absolute atomic E-state index is 14.5. The van der Waals surface area contributed by atoms with Gasteiger partial charge in [0.15, 0.2) is 11.2 Å². The van der Waals surface area contributed by atoms with Crippen LogP contribution in [0, 0.1) is 6.92 Å². The molecule has 40 heavy (non-hydrogen) atoms. The quantitative estimate of drug-likeness (QED) is 0.274. The molecule has 2 aliphatic rings. The van der Waals surface area contributed by atoms with Gasteiger partial charge < -0.3 is 14.6 Å². The minimum Gasteiger partial charge on any atom is -0.496 e. The number of hydrogen-bond donors (Lipinski definition) is 1. The highest BCUT2D eigenvalue weighted by molar-refractivity contribution is 6.32. The fourth-order valence-corrected chi connectivity index (χ4v) is 6.31. The number of hydrogen-bond acceptors (Lipinski definition) is 4. The number of ether oxygens (including phenoxy) is 1. The molecule has 7 nitrogen and oxygen atoms in total. The first-order chi connectivity index (χ1) is 19.1. The summed E-state index contributed by atoms with van der Waals surface area (Å²) in [7, 11) is 1.61. The lowest BCUT2D eigenvalue weighted by atomic mass is 9.86. The van der Waals surface area contributed by atoms with Crippen molar-refractivity contribution in [3.8, 4) is 17.1 Å². The number of nitrogens with zero attached hydrogens (tertiary/aromatic N) is 3. The number of imidazole rings is 1. The van der Waals surface area contributed by atoms with Gasteiger partial charge in [0.2, 0.25) is 0 Å². The Hall–Kier alpha value is -3.81. The van der Waals surface area contributed by atoms with Crippen LogP contribution in [0.15, 0.2) is 54.6 Å². The zero-order chi connectivity index (χ0) is 28.5. The number of nitrogens with one attached hydrogen (secondary N) is 1. The molecule has 1 aromatic heterocycles. The zero-order valence-corrected chi connectivity index (χ0v) is 24.3. The van der Waals surface area contributed by atoms with E-state index in [0.29, 0.717) is 44.3 Å². The summed E-state index contributed by atoms with van der Waals surface area (Å²) in [5.74, 6) is 0.455. The van der Waals surface area contributed by atoms with Gasteiger partial charge in [-0.3, -0.25) is 14.5 Å². The molecule has 1 atom stereocenters. The first kappa shape index (κ1) is 26.4. The predicted octanol–water partition coefficient (Wildman–Crippen LogP) is 7.17. The highest BCUT2D eigenvalue weighted by atomic mass is 35.5. The highest BCUT2D eigenvalue weighted by Crippen LogP contribution is 2.55. The molecule has 0 radical (unpaired) electrons. The number of carbonyl (C=O) groups is 2. The Morgan fingerprint density at radius 3 is 2.45 bits per heavy atom. The van der Waals surface area contributed by atoms with Crippen molar-refractivity contribution in [1.29, 1.82) is 0 Å². The van der Waals surface area contributed by atoms with Gasteiger partial charge >= 0.3 is 0 Å². The van der Waals surface area contributed by atoms with Crippen LogP contribution in [-0.4, -0.2) is 28.5 Å². The second-order valence-electron chi connectivity index (χ2n) is 10.4. The Kier molecular flexibility index (Phi) is 6.20. The lowest BCUT2D eigenvalue weighted by Gasteiger charge is -2.36. The van der Waals surface area contributed by atoms with Crippen molar-refractivity contribution >= 4 is 46.4 Å². The molecule has 1 N–H and O–H groups in total. The fourth-order valence-electron chi connectivity index (χ4n) is 5.98. The van der Waals surface area contributed by atoms with E-state index in [2.05, 4.69) is 12.2 Å². The number of rotatable bonds is 5. The number of fused-ring (bicyclic) bond motifs is 4. The highest BCUT2D eigenvalue weighted by Gasteiger charge is 2.64. The standard InChI is InChI=1S/C31H28Cl2N4O3/c1-6-18-8-12-25(40-5)21(13-18)28-35-26-27(36(28)16(2)3)31(22-11-10-19(32)14-23(22)34-30(31)39)37(29(26)38)24-15-20(33)9-7-17(24)4/h7-16H,6H2,1-5H3,(H,34,39)/t31-/m0/s1. The van der Waals surface area contributed by atoms with Crippen molar-refractivity contribution in [1.82, 2.24) is 9.55 Å². The van der Waals surface area contributed by atoms with Crippen LogP contribution in [0.4, 0.5) is 11.4 Å². The van der Waals surface area contributed by atoms with Gasteiger partial charge in [0.1, 0.15) is 11.6 Å². The molecule has 4 aromatic rings. The van der Waals surface area contributed by atoms with Crippen molar-refractivity contribution in [3.63, 3.8) is 0 Å². The predicted molar refractivity (Wildman–Crippen MR) is 158 cm³/mol. The summed E-state index contributed by atoms with van der Waals surface area (Å²) in [6.07, 6.45) is 0.820. The maximum atomic E-state index is 14.5. The lowest BCUT2D eigenvalue weighted by Crippen LogP contribution is -2.51. The number of benzene rings is 3. The minimum atomic E-state index is -1.53. The number of aryl methyl sites for hydroxylation is 2. The Bertz CT molecular complexity index is 1730. The number of carbonyl (C=O) groups excluding carboxylic acids is 2.